The molecule has 3 nitrogen and oxygen atoms in total. The largest absolute Gasteiger partial charge is 0.312 e. The van der Waals surface area contributed by atoms with Crippen molar-refractivity contribution in [1.82, 2.24) is 15.2 Å². The lowest BCUT2D eigenvalue weighted by Gasteiger charge is -2.29. The van der Waals surface area contributed by atoms with E-state index in [4.69, 9.17) is 0 Å². The van der Waals surface area contributed by atoms with Crippen LogP contribution in [0.2, 0.25) is 0 Å². The summed E-state index contributed by atoms with van der Waals surface area (Å²) < 4.78 is 0. The smallest absolute Gasteiger partial charge is 0.0543 e. The fraction of sp³-hybridized carbons (Fsp3) is 0.688. The first-order valence-corrected chi connectivity index (χ1v) is 7.59. The molecular formula is C16H27N3. The molecule has 1 unspecified atom stereocenters. The number of nitrogens with zero attached hydrogens (tertiary/aromatic N) is 2. The zero-order chi connectivity index (χ0) is 13.5. The van der Waals surface area contributed by atoms with Crippen molar-refractivity contribution in [3.05, 3.63) is 30.1 Å². The van der Waals surface area contributed by atoms with Crippen LogP contribution in [0, 0.1) is 0 Å². The summed E-state index contributed by atoms with van der Waals surface area (Å²) in [5, 5.41) is 3.73. The summed E-state index contributed by atoms with van der Waals surface area (Å²) in [6.45, 7) is 4.29. The minimum atomic E-state index is 0.545. The number of pyridine rings is 1. The standard InChI is InChI=1S/C16H27N3/c1-14(12-18-15-8-4-3-5-9-15)19(2)13-16-10-6-7-11-17-16/h6-7,10-11,14-15,18H,3-5,8-9,12-13H2,1-2H3. The predicted octanol–water partition coefficient (Wildman–Crippen LogP) is 2.82. The van der Waals surface area contributed by atoms with Gasteiger partial charge in [-0.1, -0.05) is 25.3 Å². The molecular weight excluding hydrogens is 234 g/mol. The van der Waals surface area contributed by atoms with Gasteiger partial charge in [-0.25, -0.2) is 0 Å². The Labute approximate surface area is 117 Å². The summed E-state index contributed by atoms with van der Waals surface area (Å²) in [6, 6.07) is 7.42. The van der Waals surface area contributed by atoms with Gasteiger partial charge in [-0.3, -0.25) is 9.88 Å². The number of aromatic nitrogens is 1. The van der Waals surface area contributed by atoms with Gasteiger partial charge in [0.05, 0.1) is 5.69 Å². The third-order valence-corrected chi connectivity index (χ3v) is 4.20. The Bertz CT molecular complexity index is 346. The highest BCUT2D eigenvalue weighted by molar-refractivity contribution is 5.03. The molecule has 0 aromatic carbocycles. The third-order valence-electron chi connectivity index (χ3n) is 4.20. The van der Waals surface area contributed by atoms with E-state index in [0.29, 0.717) is 6.04 Å². The fourth-order valence-corrected chi connectivity index (χ4v) is 2.70. The van der Waals surface area contributed by atoms with E-state index in [-0.39, 0.29) is 0 Å². The minimum absolute atomic E-state index is 0.545. The van der Waals surface area contributed by atoms with Gasteiger partial charge in [0.2, 0.25) is 0 Å². The number of hydrogen-bond acceptors (Lipinski definition) is 3. The van der Waals surface area contributed by atoms with Crippen molar-refractivity contribution in [2.75, 3.05) is 13.6 Å². The molecule has 0 bridgehead atoms. The molecule has 1 aromatic heterocycles. The van der Waals surface area contributed by atoms with Crippen molar-refractivity contribution >= 4 is 0 Å². The maximum Gasteiger partial charge on any atom is 0.0543 e. The molecule has 1 aliphatic carbocycles. The van der Waals surface area contributed by atoms with Crippen molar-refractivity contribution < 1.29 is 0 Å². The van der Waals surface area contributed by atoms with Crippen LogP contribution in [-0.4, -0.2) is 35.6 Å². The van der Waals surface area contributed by atoms with Gasteiger partial charge in [-0.15, -0.1) is 0 Å². The highest BCUT2D eigenvalue weighted by atomic mass is 15.2. The molecule has 0 amide bonds. The first-order chi connectivity index (χ1) is 9.25. The Kier molecular flexibility index (Phi) is 5.80. The van der Waals surface area contributed by atoms with Crippen LogP contribution in [0.3, 0.4) is 0 Å². The topological polar surface area (TPSA) is 28.2 Å². The summed E-state index contributed by atoms with van der Waals surface area (Å²) in [5.74, 6) is 0. The Morgan fingerprint density at radius 1 is 1.32 bits per heavy atom. The summed E-state index contributed by atoms with van der Waals surface area (Å²) in [7, 11) is 2.18. The molecule has 1 N–H and O–H groups in total. The van der Waals surface area contributed by atoms with Gasteiger partial charge >= 0.3 is 0 Å². The summed E-state index contributed by atoms with van der Waals surface area (Å²) in [5.41, 5.74) is 1.15. The second-order valence-corrected chi connectivity index (χ2v) is 5.83. The average molecular weight is 261 g/mol. The summed E-state index contributed by atoms with van der Waals surface area (Å²) >= 11 is 0. The molecule has 1 atom stereocenters. The monoisotopic (exact) mass is 261 g/mol. The number of likely N-dealkylation sites (N-methyl/N-ethyl adjacent to an activating group) is 1. The lowest BCUT2D eigenvalue weighted by molar-refractivity contribution is 0.227. The van der Waals surface area contributed by atoms with Crippen LogP contribution in [0.1, 0.15) is 44.7 Å². The molecule has 0 radical (unpaired) electrons. The highest BCUT2D eigenvalue weighted by Gasteiger charge is 2.15. The normalized spacial score (nSPS) is 18.7. The van der Waals surface area contributed by atoms with Crippen molar-refractivity contribution in [1.29, 1.82) is 0 Å². The van der Waals surface area contributed by atoms with Crippen LogP contribution >= 0.6 is 0 Å². The van der Waals surface area contributed by atoms with E-state index >= 15 is 0 Å². The Balaban J connectivity index is 1.71. The molecule has 3 heteroatoms. The van der Waals surface area contributed by atoms with Crippen LogP contribution in [-0.2, 0) is 6.54 Å². The first-order valence-electron chi connectivity index (χ1n) is 7.59. The van der Waals surface area contributed by atoms with Gasteiger partial charge < -0.3 is 5.32 Å². The second-order valence-electron chi connectivity index (χ2n) is 5.83. The third kappa shape index (κ3) is 4.92. The van der Waals surface area contributed by atoms with E-state index in [1.807, 2.05) is 12.3 Å². The lowest BCUT2D eigenvalue weighted by Crippen LogP contribution is -2.42. The van der Waals surface area contributed by atoms with E-state index in [1.54, 1.807) is 0 Å². The van der Waals surface area contributed by atoms with Crippen molar-refractivity contribution in [3.8, 4) is 0 Å². The number of nitrogens with one attached hydrogen (secondary N) is 1. The van der Waals surface area contributed by atoms with Crippen LogP contribution < -0.4 is 5.32 Å². The number of hydrogen-bond donors (Lipinski definition) is 1. The zero-order valence-corrected chi connectivity index (χ0v) is 12.3. The molecule has 1 aliphatic rings. The van der Waals surface area contributed by atoms with E-state index < -0.39 is 0 Å². The maximum atomic E-state index is 4.39. The lowest BCUT2D eigenvalue weighted by atomic mass is 9.95. The Morgan fingerprint density at radius 2 is 2.11 bits per heavy atom. The fourth-order valence-electron chi connectivity index (χ4n) is 2.70. The predicted molar refractivity (Wildman–Crippen MR) is 80.0 cm³/mol. The molecule has 19 heavy (non-hydrogen) atoms. The summed E-state index contributed by atoms with van der Waals surface area (Å²) in [6.07, 6.45) is 8.81. The molecule has 0 aliphatic heterocycles. The molecule has 106 valence electrons. The van der Waals surface area contributed by atoms with Crippen LogP contribution in [0.4, 0.5) is 0 Å². The molecule has 0 saturated heterocycles. The van der Waals surface area contributed by atoms with Gasteiger partial charge in [0.15, 0.2) is 0 Å². The maximum absolute atomic E-state index is 4.39. The molecule has 2 rings (SSSR count). The van der Waals surface area contributed by atoms with Crippen LogP contribution in [0.15, 0.2) is 24.4 Å². The highest BCUT2D eigenvalue weighted by Crippen LogP contribution is 2.17. The van der Waals surface area contributed by atoms with Gasteiger partial charge in [0, 0.05) is 31.4 Å². The SMILES string of the molecule is CC(CNC1CCCCC1)N(C)Cc1ccccn1. The van der Waals surface area contributed by atoms with Crippen molar-refractivity contribution in [2.24, 2.45) is 0 Å². The second kappa shape index (κ2) is 7.61. The van der Waals surface area contributed by atoms with E-state index in [2.05, 4.69) is 41.3 Å². The van der Waals surface area contributed by atoms with Gasteiger partial charge in [0.1, 0.15) is 0 Å². The van der Waals surface area contributed by atoms with Gasteiger partial charge in [-0.05, 0) is 38.9 Å². The molecule has 1 fully saturated rings. The number of rotatable bonds is 6. The molecule has 1 saturated carbocycles. The van der Waals surface area contributed by atoms with Crippen molar-refractivity contribution in [2.45, 2.75) is 57.7 Å². The zero-order valence-electron chi connectivity index (χ0n) is 12.3. The van der Waals surface area contributed by atoms with Crippen LogP contribution in [0.5, 0.6) is 0 Å². The van der Waals surface area contributed by atoms with E-state index in [1.165, 1.54) is 32.1 Å². The van der Waals surface area contributed by atoms with Gasteiger partial charge in [-0.2, -0.15) is 0 Å². The molecule has 0 spiro atoms. The summed E-state index contributed by atoms with van der Waals surface area (Å²) in [4.78, 5) is 6.76. The Hall–Kier alpha value is -0.930. The molecule has 1 aromatic rings. The van der Waals surface area contributed by atoms with Crippen LogP contribution in [0.25, 0.3) is 0 Å². The average Bonchev–Trinajstić information content (AvgIpc) is 2.47. The van der Waals surface area contributed by atoms with E-state index in [0.717, 1.165) is 24.8 Å². The quantitative estimate of drug-likeness (QED) is 0.853. The van der Waals surface area contributed by atoms with Crippen molar-refractivity contribution in [3.63, 3.8) is 0 Å². The van der Waals surface area contributed by atoms with E-state index in [9.17, 15) is 0 Å². The Morgan fingerprint density at radius 3 is 2.79 bits per heavy atom. The first kappa shape index (κ1) is 14.5. The van der Waals surface area contributed by atoms with Gasteiger partial charge in [0.25, 0.3) is 0 Å². The molecule has 1 heterocycles. The minimum Gasteiger partial charge on any atom is -0.312 e.